The highest BCUT2D eigenvalue weighted by Crippen LogP contribution is 2.52. The number of aliphatic hydroxyl groups is 1. The molecule has 0 aromatic heterocycles. The Hall–Kier alpha value is -1.05. The van der Waals surface area contributed by atoms with Crippen molar-refractivity contribution in [3.8, 4) is 0 Å². The summed E-state index contributed by atoms with van der Waals surface area (Å²) in [5.41, 5.74) is 0.159. The van der Waals surface area contributed by atoms with Crippen molar-refractivity contribution in [2.45, 2.75) is 76.3 Å². The first-order chi connectivity index (χ1) is 13.3. The van der Waals surface area contributed by atoms with Crippen molar-refractivity contribution < 1.29 is 19.8 Å². The summed E-state index contributed by atoms with van der Waals surface area (Å²) in [6.07, 6.45) is 5.79. The van der Waals surface area contributed by atoms with Crippen LogP contribution in [-0.4, -0.2) is 68.4 Å². The highest BCUT2D eigenvalue weighted by molar-refractivity contribution is 8.03. The summed E-state index contributed by atoms with van der Waals surface area (Å²) < 4.78 is 0. The predicted octanol–water partition coefficient (Wildman–Crippen LogP) is 2.53. The lowest BCUT2D eigenvalue weighted by atomic mass is 9.79. The van der Waals surface area contributed by atoms with E-state index in [-0.39, 0.29) is 23.6 Å². The third-order valence-electron chi connectivity index (χ3n) is 7.39. The van der Waals surface area contributed by atoms with Gasteiger partial charge in [0.05, 0.1) is 18.1 Å². The van der Waals surface area contributed by atoms with Gasteiger partial charge in [0.25, 0.3) is 0 Å². The lowest BCUT2D eigenvalue weighted by molar-refractivity contribution is -0.163. The molecule has 0 aromatic carbocycles. The van der Waals surface area contributed by atoms with Crippen LogP contribution >= 0.6 is 11.8 Å². The minimum Gasteiger partial charge on any atom is -0.477 e. The van der Waals surface area contributed by atoms with Gasteiger partial charge in [-0.3, -0.25) is 9.69 Å². The summed E-state index contributed by atoms with van der Waals surface area (Å²) in [6, 6.07) is 0.483. The van der Waals surface area contributed by atoms with Gasteiger partial charge in [0.15, 0.2) is 0 Å². The van der Waals surface area contributed by atoms with Gasteiger partial charge in [-0.25, -0.2) is 4.79 Å². The van der Waals surface area contributed by atoms with Gasteiger partial charge in [0, 0.05) is 35.2 Å². The van der Waals surface area contributed by atoms with Gasteiger partial charge in [0.1, 0.15) is 5.70 Å². The molecule has 156 valence electrons. The number of carbonyl (C=O) groups is 2. The van der Waals surface area contributed by atoms with Crippen LogP contribution in [-0.2, 0) is 9.59 Å². The zero-order valence-corrected chi connectivity index (χ0v) is 17.8. The van der Waals surface area contributed by atoms with Crippen LogP contribution in [0.5, 0.6) is 0 Å². The van der Waals surface area contributed by atoms with Gasteiger partial charge in [0.2, 0.25) is 5.91 Å². The Morgan fingerprint density at radius 2 is 1.89 bits per heavy atom. The molecule has 0 unspecified atom stereocenters. The second-order valence-electron chi connectivity index (χ2n) is 9.05. The van der Waals surface area contributed by atoms with Crippen molar-refractivity contribution in [3.63, 3.8) is 0 Å². The standard InChI is InChI=1S/C21H32N2O4S/c1-4-13-5-7-14(8-6-13)22-9-15(10-22)28-19-11(2)17-16(12(3)24)20(25)23(17)18(19)21(26)27/h11-17,24H,4-10H2,1-3H3,(H,26,27)/t11-,12-,13?,14?,16-,17-/m1/s1. The van der Waals surface area contributed by atoms with Crippen LogP contribution in [0.4, 0.5) is 0 Å². The molecule has 0 radical (unpaired) electrons. The average Bonchev–Trinajstić information content (AvgIpc) is 2.86. The second-order valence-corrected chi connectivity index (χ2v) is 10.4. The predicted molar refractivity (Wildman–Crippen MR) is 109 cm³/mol. The summed E-state index contributed by atoms with van der Waals surface area (Å²) in [4.78, 5) is 29.1. The summed E-state index contributed by atoms with van der Waals surface area (Å²) in [6.45, 7) is 7.92. The van der Waals surface area contributed by atoms with Gasteiger partial charge in [-0.05, 0) is 38.5 Å². The fourth-order valence-electron chi connectivity index (χ4n) is 5.62. The molecule has 1 saturated carbocycles. The smallest absolute Gasteiger partial charge is 0.353 e. The van der Waals surface area contributed by atoms with Crippen molar-refractivity contribution in [2.24, 2.45) is 17.8 Å². The van der Waals surface area contributed by atoms with E-state index in [4.69, 9.17) is 0 Å². The van der Waals surface area contributed by atoms with E-state index in [1.54, 1.807) is 18.7 Å². The third kappa shape index (κ3) is 3.19. The van der Waals surface area contributed by atoms with Crippen LogP contribution in [0.3, 0.4) is 0 Å². The monoisotopic (exact) mass is 408 g/mol. The van der Waals surface area contributed by atoms with Gasteiger partial charge >= 0.3 is 5.97 Å². The van der Waals surface area contributed by atoms with Gasteiger partial charge in [-0.1, -0.05) is 20.3 Å². The maximum atomic E-state index is 12.4. The summed E-state index contributed by atoms with van der Waals surface area (Å²) in [5, 5.41) is 20.1. The first kappa shape index (κ1) is 20.2. The maximum absolute atomic E-state index is 12.4. The summed E-state index contributed by atoms with van der Waals surface area (Å²) >= 11 is 1.66. The molecule has 1 aliphatic carbocycles. The SMILES string of the molecule is CCC1CCC(N2CC(SC3=C(C(=O)O)N4C(=O)[C@H]([C@@H](C)O)[C@H]4[C@H]3C)C2)CC1. The number of β-lactam (4-membered cyclic amide) rings is 1. The Kier molecular flexibility index (Phi) is 5.53. The number of nitrogens with zero attached hydrogens (tertiary/aromatic N) is 2. The Morgan fingerprint density at radius 3 is 2.43 bits per heavy atom. The van der Waals surface area contributed by atoms with E-state index < -0.39 is 18.0 Å². The van der Waals surface area contributed by atoms with Crippen molar-refractivity contribution in [2.75, 3.05) is 13.1 Å². The third-order valence-corrected chi connectivity index (χ3v) is 8.84. The number of fused-ring (bicyclic) bond motifs is 1. The molecular formula is C21H32N2O4S. The fraction of sp³-hybridized carbons (Fsp3) is 0.810. The zero-order chi connectivity index (χ0) is 20.2. The molecule has 3 aliphatic heterocycles. The number of carboxylic acids is 1. The van der Waals surface area contributed by atoms with Crippen LogP contribution in [0, 0.1) is 17.8 Å². The molecule has 7 heteroatoms. The van der Waals surface area contributed by atoms with Crippen molar-refractivity contribution in [1.29, 1.82) is 0 Å². The van der Waals surface area contributed by atoms with E-state index >= 15 is 0 Å². The fourth-order valence-corrected chi connectivity index (χ4v) is 7.16. The number of hydrogen-bond donors (Lipinski definition) is 2. The molecule has 0 spiro atoms. The molecule has 0 aromatic rings. The number of rotatable bonds is 6. The molecule has 2 N–H and O–H groups in total. The Bertz CT molecular complexity index is 680. The number of aliphatic hydroxyl groups excluding tert-OH is 1. The minimum absolute atomic E-state index is 0.0255. The zero-order valence-electron chi connectivity index (χ0n) is 17.0. The van der Waals surface area contributed by atoms with Crippen LogP contribution in [0.1, 0.15) is 52.9 Å². The van der Waals surface area contributed by atoms with E-state index in [1.165, 1.54) is 37.0 Å². The van der Waals surface area contributed by atoms with E-state index in [9.17, 15) is 19.8 Å². The number of hydrogen-bond acceptors (Lipinski definition) is 5. The second kappa shape index (κ2) is 7.65. The van der Waals surface area contributed by atoms with Crippen LogP contribution in [0.15, 0.2) is 10.6 Å². The van der Waals surface area contributed by atoms with Crippen molar-refractivity contribution in [3.05, 3.63) is 10.6 Å². The van der Waals surface area contributed by atoms with E-state index in [2.05, 4.69) is 11.8 Å². The molecule has 4 aliphatic rings. The van der Waals surface area contributed by atoms with E-state index in [0.29, 0.717) is 11.3 Å². The summed E-state index contributed by atoms with van der Waals surface area (Å²) in [5.74, 6) is -0.878. The number of aliphatic carboxylic acids is 1. The van der Waals surface area contributed by atoms with Gasteiger partial charge < -0.3 is 15.1 Å². The minimum atomic E-state index is -1.02. The first-order valence-electron chi connectivity index (χ1n) is 10.7. The molecule has 0 bridgehead atoms. The number of amides is 1. The topological polar surface area (TPSA) is 81.1 Å². The molecule has 3 fully saturated rings. The largest absolute Gasteiger partial charge is 0.477 e. The van der Waals surface area contributed by atoms with Crippen LogP contribution in [0.25, 0.3) is 0 Å². The maximum Gasteiger partial charge on any atom is 0.353 e. The Labute approximate surface area is 171 Å². The van der Waals surface area contributed by atoms with Gasteiger partial charge in [-0.2, -0.15) is 0 Å². The summed E-state index contributed by atoms with van der Waals surface area (Å²) in [7, 11) is 0. The van der Waals surface area contributed by atoms with E-state index in [1.807, 2.05) is 6.92 Å². The number of likely N-dealkylation sites (tertiary alicyclic amines) is 1. The molecule has 4 atom stereocenters. The van der Waals surface area contributed by atoms with Crippen molar-refractivity contribution in [1.82, 2.24) is 9.80 Å². The Morgan fingerprint density at radius 1 is 1.25 bits per heavy atom. The van der Waals surface area contributed by atoms with Gasteiger partial charge in [-0.15, -0.1) is 11.8 Å². The number of carbonyl (C=O) groups excluding carboxylic acids is 1. The molecule has 28 heavy (non-hydrogen) atoms. The van der Waals surface area contributed by atoms with Crippen LogP contribution < -0.4 is 0 Å². The lowest BCUT2D eigenvalue weighted by Gasteiger charge is -2.47. The lowest BCUT2D eigenvalue weighted by Crippen LogP contribution is -2.63. The molecule has 3 heterocycles. The van der Waals surface area contributed by atoms with Crippen LogP contribution in [0.2, 0.25) is 0 Å². The first-order valence-corrected chi connectivity index (χ1v) is 11.6. The van der Waals surface area contributed by atoms with Crippen molar-refractivity contribution >= 4 is 23.6 Å². The molecule has 6 nitrogen and oxygen atoms in total. The van der Waals surface area contributed by atoms with E-state index in [0.717, 1.165) is 23.9 Å². The quantitative estimate of drug-likeness (QED) is 0.658. The molecular weight excluding hydrogens is 376 g/mol. The molecule has 1 amide bonds. The Balaban J connectivity index is 1.39. The number of thioether (sulfide) groups is 1. The molecule has 4 rings (SSSR count). The highest BCUT2D eigenvalue weighted by atomic mass is 32.2. The highest BCUT2D eigenvalue weighted by Gasteiger charge is 2.60. The number of carboxylic acid groups (broad SMARTS) is 1. The average molecular weight is 409 g/mol. The normalized spacial score (nSPS) is 37.5. The molecule has 2 saturated heterocycles.